The highest BCUT2D eigenvalue weighted by molar-refractivity contribution is 5.86. The van der Waals surface area contributed by atoms with E-state index in [1.807, 2.05) is 15.9 Å². The highest BCUT2D eigenvalue weighted by atomic mass is 19.3. The maximum Gasteiger partial charge on any atom is 0.387 e. The molecule has 1 aromatic rings. The van der Waals surface area contributed by atoms with Crippen LogP contribution in [0.1, 0.15) is 44.9 Å². The number of anilines is 1. The van der Waals surface area contributed by atoms with Gasteiger partial charge in [-0.25, -0.2) is 0 Å². The zero-order valence-electron chi connectivity index (χ0n) is 16.0. The zero-order valence-corrected chi connectivity index (χ0v) is 16.0. The molecule has 28 heavy (non-hydrogen) atoms. The van der Waals surface area contributed by atoms with Gasteiger partial charge in [0.1, 0.15) is 5.75 Å². The molecule has 2 saturated heterocycles. The van der Waals surface area contributed by atoms with Gasteiger partial charge in [-0.2, -0.15) is 8.78 Å². The number of nitrogens with zero attached hydrogens (tertiary/aromatic N) is 2. The van der Waals surface area contributed by atoms with Gasteiger partial charge >= 0.3 is 6.61 Å². The SMILES string of the molecule is O=C1N(C2CCC(O)CC2)CCC12CCCN(c1ccccc1OC(F)F)C2. The summed E-state index contributed by atoms with van der Waals surface area (Å²) in [6, 6.07) is 7.06. The third-order valence-corrected chi connectivity index (χ3v) is 6.65. The molecule has 1 aliphatic carbocycles. The van der Waals surface area contributed by atoms with Gasteiger partial charge < -0.3 is 19.6 Å². The van der Waals surface area contributed by atoms with Gasteiger partial charge in [-0.15, -0.1) is 0 Å². The number of halogens is 2. The Kier molecular flexibility index (Phi) is 5.45. The number of ether oxygens (including phenoxy) is 1. The zero-order chi connectivity index (χ0) is 19.7. The number of piperidine rings is 1. The average Bonchev–Trinajstić information content (AvgIpc) is 2.98. The molecule has 0 aromatic heterocycles. The normalized spacial score (nSPS) is 31.1. The van der Waals surface area contributed by atoms with Gasteiger partial charge in [0.15, 0.2) is 0 Å². The van der Waals surface area contributed by atoms with E-state index < -0.39 is 12.0 Å². The van der Waals surface area contributed by atoms with Crippen LogP contribution in [0.3, 0.4) is 0 Å². The lowest BCUT2D eigenvalue weighted by Gasteiger charge is -2.41. The summed E-state index contributed by atoms with van der Waals surface area (Å²) >= 11 is 0. The number of hydrogen-bond donors (Lipinski definition) is 1. The van der Waals surface area contributed by atoms with Gasteiger partial charge in [0.25, 0.3) is 0 Å². The van der Waals surface area contributed by atoms with Crippen molar-refractivity contribution < 1.29 is 23.4 Å². The van der Waals surface area contributed by atoms with Crippen LogP contribution >= 0.6 is 0 Å². The Morgan fingerprint density at radius 2 is 1.86 bits per heavy atom. The molecule has 3 fully saturated rings. The topological polar surface area (TPSA) is 53.0 Å². The lowest BCUT2D eigenvalue weighted by atomic mass is 9.78. The average molecular weight is 394 g/mol. The summed E-state index contributed by atoms with van der Waals surface area (Å²) in [7, 11) is 0. The van der Waals surface area contributed by atoms with E-state index in [4.69, 9.17) is 4.74 Å². The third-order valence-electron chi connectivity index (χ3n) is 6.65. The van der Waals surface area contributed by atoms with Crippen molar-refractivity contribution in [2.24, 2.45) is 5.41 Å². The molecule has 4 rings (SSSR count). The molecule has 5 nitrogen and oxygen atoms in total. The monoisotopic (exact) mass is 394 g/mol. The number of benzene rings is 1. The quantitative estimate of drug-likeness (QED) is 0.850. The molecule has 0 bridgehead atoms. The number of likely N-dealkylation sites (tertiary alicyclic amines) is 1. The number of rotatable bonds is 4. The van der Waals surface area contributed by atoms with Gasteiger partial charge in [0, 0.05) is 25.7 Å². The Morgan fingerprint density at radius 3 is 2.61 bits per heavy atom. The second-order valence-corrected chi connectivity index (χ2v) is 8.36. The van der Waals surface area contributed by atoms with E-state index in [9.17, 15) is 18.7 Å². The van der Waals surface area contributed by atoms with Crippen LogP contribution in [0.4, 0.5) is 14.5 Å². The lowest BCUT2D eigenvalue weighted by Crippen LogP contribution is -2.50. The summed E-state index contributed by atoms with van der Waals surface area (Å²) in [5, 5.41) is 9.75. The predicted molar refractivity (Wildman–Crippen MR) is 102 cm³/mol. The van der Waals surface area contributed by atoms with E-state index >= 15 is 0 Å². The number of aliphatic hydroxyl groups excluding tert-OH is 1. The smallest absolute Gasteiger partial charge is 0.387 e. The highest BCUT2D eigenvalue weighted by Gasteiger charge is 2.50. The molecular weight excluding hydrogens is 366 g/mol. The van der Waals surface area contributed by atoms with Crippen molar-refractivity contribution in [3.8, 4) is 5.75 Å². The molecule has 1 aromatic carbocycles. The second kappa shape index (κ2) is 7.85. The van der Waals surface area contributed by atoms with Crippen LogP contribution in [0.2, 0.25) is 0 Å². The number of amides is 1. The summed E-state index contributed by atoms with van der Waals surface area (Å²) in [6.07, 6.45) is 5.49. The number of carbonyl (C=O) groups is 1. The number of carbonyl (C=O) groups excluding carboxylic acids is 1. The van der Waals surface area contributed by atoms with Crippen LogP contribution in [0, 0.1) is 5.41 Å². The molecule has 2 heterocycles. The van der Waals surface area contributed by atoms with Crippen LogP contribution in [0.15, 0.2) is 24.3 Å². The molecule has 1 atom stereocenters. The lowest BCUT2D eigenvalue weighted by molar-refractivity contribution is -0.139. The number of alkyl halides is 2. The van der Waals surface area contributed by atoms with E-state index in [2.05, 4.69) is 0 Å². The molecule has 154 valence electrons. The molecule has 1 spiro atoms. The van der Waals surface area contributed by atoms with E-state index in [0.29, 0.717) is 12.2 Å². The first-order chi connectivity index (χ1) is 13.5. The summed E-state index contributed by atoms with van der Waals surface area (Å²) in [5.74, 6) is 0.365. The molecule has 2 aliphatic heterocycles. The van der Waals surface area contributed by atoms with Crippen molar-refractivity contribution in [3.63, 3.8) is 0 Å². The fourth-order valence-corrected chi connectivity index (χ4v) is 5.20. The maximum absolute atomic E-state index is 13.4. The van der Waals surface area contributed by atoms with Gasteiger partial charge in [0.05, 0.1) is 17.2 Å². The number of aliphatic hydroxyl groups is 1. The van der Waals surface area contributed by atoms with E-state index in [1.54, 1.807) is 18.2 Å². The van der Waals surface area contributed by atoms with E-state index in [1.165, 1.54) is 0 Å². The molecule has 1 N–H and O–H groups in total. The van der Waals surface area contributed by atoms with Gasteiger partial charge in [-0.3, -0.25) is 4.79 Å². The predicted octanol–water partition coefficient (Wildman–Crippen LogP) is 3.41. The Labute approximate surface area is 164 Å². The highest BCUT2D eigenvalue weighted by Crippen LogP contribution is 2.44. The first-order valence-electron chi connectivity index (χ1n) is 10.3. The number of hydrogen-bond acceptors (Lipinski definition) is 4. The summed E-state index contributed by atoms with van der Waals surface area (Å²) < 4.78 is 30.3. The van der Waals surface area contributed by atoms with Gasteiger partial charge in [-0.1, -0.05) is 12.1 Å². The molecule has 1 amide bonds. The first kappa shape index (κ1) is 19.4. The minimum Gasteiger partial charge on any atom is -0.433 e. The molecule has 0 radical (unpaired) electrons. The molecule has 7 heteroatoms. The second-order valence-electron chi connectivity index (χ2n) is 8.36. The fourth-order valence-electron chi connectivity index (χ4n) is 5.20. The van der Waals surface area contributed by atoms with Crippen LogP contribution < -0.4 is 9.64 Å². The van der Waals surface area contributed by atoms with E-state index in [0.717, 1.165) is 58.0 Å². The standard InChI is InChI=1S/C21H28F2N2O3/c22-20(23)28-18-5-2-1-4-17(18)24-12-3-10-21(14-24)11-13-25(19(21)27)15-6-8-16(26)9-7-15/h1-2,4-5,15-16,20,26H,3,6-14H2. The maximum atomic E-state index is 13.4. The third kappa shape index (κ3) is 3.69. The Hall–Kier alpha value is -1.89. The fraction of sp³-hybridized carbons (Fsp3) is 0.667. The first-order valence-corrected chi connectivity index (χ1v) is 10.3. The van der Waals surface area contributed by atoms with Crippen molar-refractivity contribution in [1.82, 2.24) is 4.90 Å². The van der Waals surface area contributed by atoms with Crippen molar-refractivity contribution in [3.05, 3.63) is 24.3 Å². The van der Waals surface area contributed by atoms with Crippen LogP contribution in [0.25, 0.3) is 0 Å². The van der Waals surface area contributed by atoms with Crippen LogP contribution in [-0.4, -0.2) is 54.3 Å². The molecule has 1 unspecified atom stereocenters. The van der Waals surface area contributed by atoms with Crippen molar-refractivity contribution in [2.45, 2.75) is 63.7 Å². The number of para-hydroxylation sites is 2. The van der Waals surface area contributed by atoms with E-state index in [-0.39, 0.29) is 23.8 Å². The Balaban J connectivity index is 1.50. The Morgan fingerprint density at radius 1 is 1.11 bits per heavy atom. The van der Waals surface area contributed by atoms with Crippen LogP contribution in [0.5, 0.6) is 5.75 Å². The summed E-state index contributed by atoms with van der Waals surface area (Å²) in [5.41, 5.74) is 0.195. The van der Waals surface area contributed by atoms with Crippen molar-refractivity contribution >= 4 is 11.6 Å². The van der Waals surface area contributed by atoms with Gasteiger partial charge in [0.2, 0.25) is 5.91 Å². The van der Waals surface area contributed by atoms with Gasteiger partial charge in [-0.05, 0) is 57.1 Å². The van der Waals surface area contributed by atoms with Crippen LogP contribution in [-0.2, 0) is 4.79 Å². The minimum atomic E-state index is -2.87. The Bertz CT molecular complexity index is 709. The summed E-state index contributed by atoms with van der Waals surface area (Å²) in [6.45, 7) is -0.844. The summed E-state index contributed by atoms with van der Waals surface area (Å²) in [4.78, 5) is 17.4. The van der Waals surface area contributed by atoms with Crippen molar-refractivity contribution in [2.75, 3.05) is 24.5 Å². The largest absolute Gasteiger partial charge is 0.433 e. The molecule has 3 aliphatic rings. The minimum absolute atomic E-state index is 0.165. The molecule has 1 saturated carbocycles. The molecular formula is C21H28F2N2O3. The van der Waals surface area contributed by atoms with Crippen molar-refractivity contribution in [1.29, 1.82) is 0 Å².